The molecule has 2 heterocycles. The molecular weight excluding hydrogens is 659 g/mol. The Balaban J connectivity index is 1.12. The van der Waals surface area contributed by atoms with E-state index in [4.69, 9.17) is 14.7 Å². The molecule has 4 nitrogen and oxygen atoms in total. The second kappa shape index (κ2) is 13.5. The molecule has 0 aliphatic carbocycles. The molecule has 0 N–H and O–H groups in total. The Kier molecular flexibility index (Phi) is 8.18. The number of nitriles is 1. The van der Waals surface area contributed by atoms with Crippen LogP contribution in [0.2, 0.25) is 0 Å². The fourth-order valence-electron chi connectivity index (χ4n) is 7.47. The van der Waals surface area contributed by atoms with Crippen LogP contribution < -0.4 is 4.74 Å². The van der Waals surface area contributed by atoms with Crippen molar-refractivity contribution in [1.29, 1.82) is 5.26 Å². The first kappa shape index (κ1) is 32.8. The van der Waals surface area contributed by atoms with Gasteiger partial charge >= 0.3 is 0 Å². The van der Waals surface area contributed by atoms with Crippen LogP contribution in [0.4, 0.5) is 0 Å². The van der Waals surface area contributed by atoms with E-state index in [1.54, 1.807) is 0 Å². The molecule has 54 heavy (non-hydrogen) atoms. The van der Waals surface area contributed by atoms with Crippen LogP contribution in [0.3, 0.4) is 0 Å². The third-order valence-corrected chi connectivity index (χ3v) is 10.5. The van der Waals surface area contributed by atoms with Crippen LogP contribution in [0.15, 0.2) is 176 Å². The molecule has 8 aromatic rings. The lowest BCUT2D eigenvalue weighted by Gasteiger charge is -2.35. The summed E-state index contributed by atoms with van der Waals surface area (Å²) in [4.78, 5) is 10.2. The molecule has 7 aromatic carbocycles. The first-order valence-corrected chi connectivity index (χ1v) is 18.1. The van der Waals surface area contributed by atoms with Crippen molar-refractivity contribution in [2.75, 3.05) is 0 Å². The second-order valence-electron chi connectivity index (χ2n) is 14.1. The lowest BCUT2D eigenvalue weighted by Crippen LogP contribution is -2.24. The van der Waals surface area contributed by atoms with Crippen LogP contribution in [0.5, 0.6) is 11.5 Å². The Morgan fingerprint density at radius 2 is 0.926 bits per heavy atom. The fraction of sp³-hybridized carbons (Fsp3) is 0.0600. The molecule has 0 bridgehead atoms. The van der Waals surface area contributed by atoms with E-state index in [0.717, 1.165) is 78.5 Å². The van der Waals surface area contributed by atoms with Gasteiger partial charge in [-0.3, -0.25) is 0 Å². The van der Waals surface area contributed by atoms with E-state index in [1.807, 2.05) is 42.5 Å². The molecule has 4 heteroatoms. The monoisotopic (exact) mass is 693 g/mol. The molecule has 0 radical (unpaired) electrons. The van der Waals surface area contributed by atoms with Gasteiger partial charge in [-0.05, 0) is 46.0 Å². The van der Waals surface area contributed by atoms with E-state index in [9.17, 15) is 5.26 Å². The molecule has 1 aliphatic heterocycles. The summed E-state index contributed by atoms with van der Waals surface area (Å²) in [6.07, 6.45) is 0. The Hall–Kier alpha value is -7.09. The van der Waals surface area contributed by atoms with Gasteiger partial charge in [0.25, 0.3) is 0 Å². The summed E-state index contributed by atoms with van der Waals surface area (Å²) in [7, 11) is 0. The maximum atomic E-state index is 10.3. The van der Waals surface area contributed by atoms with Gasteiger partial charge in [0.2, 0.25) is 0 Å². The van der Waals surface area contributed by atoms with Crippen molar-refractivity contribution in [3.63, 3.8) is 0 Å². The van der Waals surface area contributed by atoms with Crippen molar-refractivity contribution in [1.82, 2.24) is 9.97 Å². The van der Waals surface area contributed by atoms with E-state index in [-0.39, 0.29) is 5.41 Å². The Labute approximate surface area is 315 Å². The molecule has 0 unspecified atom stereocenters. The minimum Gasteiger partial charge on any atom is -0.456 e. The summed E-state index contributed by atoms with van der Waals surface area (Å²) < 4.78 is 6.59. The molecule has 0 saturated heterocycles. The van der Waals surface area contributed by atoms with E-state index >= 15 is 0 Å². The number of hydrogen-bond donors (Lipinski definition) is 0. The molecule has 1 aromatic heterocycles. The lowest BCUT2D eigenvalue weighted by molar-refractivity contribution is 0.419. The number of para-hydroxylation sites is 1. The molecule has 0 saturated carbocycles. The van der Waals surface area contributed by atoms with Crippen LogP contribution in [-0.2, 0) is 5.41 Å². The van der Waals surface area contributed by atoms with Crippen LogP contribution in [0, 0.1) is 11.3 Å². The first-order chi connectivity index (χ1) is 26.5. The van der Waals surface area contributed by atoms with Crippen molar-refractivity contribution in [3.05, 3.63) is 193 Å². The van der Waals surface area contributed by atoms with Gasteiger partial charge < -0.3 is 4.74 Å². The van der Waals surface area contributed by atoms with Gasteiger partial charge in [-0.1, -0.05) is 172 Å². The Morgan fingerprint density at radius 1 is 0.463 bits per heavy atom. The highest BCUT2D eigenvalue weighted by atomic mass is 16.5. The molecule has 0 spiro atoms. The number of ether oxygens (including phenoxy) is 1. The average molecular weight is 694 g/mol. The quantitative estimate of drug-likeness (QED) is 0.174. The highest BCUT2D eigenvalue weighted by molar-refractivity contribution is 5.83. The van der Waals surface area contributed by atoms with Gasteiger partial charge in [-0.25, -0.2) is 9.97 Å². The number of rotatable bonds is 6. The van der Waals surface area contributed by atoms with Crippen LogP contribution >= 0.6 is 0 Å². The number of aromatic nitrogens is 2. The molecule has 1 aliphatic rings. The summed E-state index contributed by atoms with van der Waals surface area (Å²) in [6, 6.07) is 62.6. The molecule has 0 atom stereocenters. The Morgan fingerprint density at radius 3 is 1.48 bits per heavy atom. The van der Waals surface area contributed by atoms with Gasteiger partial charge in [-0.15, -0.1) is 0 Å². The van der Waals surface area contributed by atoms with Crippen LogP contribution in [-0.4, -0.2) is 9.97 Å². The van der Waals surface area contributed by atoms with Gasteiger partial charge in [0, 0.05) is 38.8 Å². The Bertz CT molecular complexity index is 2570. The van der Waals surface area contributed by atoms with Gasteiger partial charge in [0.1, 0.15) is 11.5 Å². The van der Waals surface area contributed by atoms with E-state index in [2.05, 4.69) is 153 Å². The van der Waals surface area contributed by atoms with Crippen molar-refractivity contribution in [2.24, 2.45) is 0 Å². The molecule has 256 valence electrons. The third-order valence-electron chi connectivity index (χ3n) is 10.5. The topological polar surface area (TPSA) is 58.8 Å². The SMILES string of the molecule is CC1(C)c2ccccc2Oc2c1ccc(C#N)c2-c1ccc(-c2cc(-c3ccc(-c4ccccc4)cc3)nc(-c3ccc(-c4ccccc4)cc3)n2)cc1. The average Bonchev–Trinajstić information content (AvgIpc) is 3.24. The number of benzene rings is 7. The fourth-order valence-corrected chi connectivity index (χ4v) is 7.47. The van der Waals surface area contributed by atoms with E-state index in [1.165, 1.54) is 5.56 Å². The zero-order chi connectivity index (χ0) is 36.6. The highest BCUT2D eigenvalue weighted by Gasteiger charge is 2.36. The van der Waals surface area contributed by atoms with Gasteiger partial charge in [0.15, 0.2) is 5.82 Å². The zero-order valence-corrected chi connectivity index (χ0v) is 30.0. The minimum atomic E-state index is -0.292. The second-order valence-corrected chi connectivity index (χ2v) is 14.1. The summed E-state index contributed by atoms with van der Waals surface area (Å²) in [5.41, 5.74) is 13.3. The molecule has 9 rings (SSSR count). The maximum Gasteiger partial charge on any atom is 0.160 e. The third kappa shape index (κ3) is 5.92. The predicted octanol–water partition coefficient (Wildman–Crippen LogP) is 12.8. The van der Waals surface area contributed by atoms with Crippen molar-refractivity contribution >= 4 is 0 Å². The normalized spacial score (nSPS) is 12.5. The van der Waals surface area contributed by atoms with Crippen LogP contribution in [0.25, 0.3) is 67.3 Å². The molecule has 0 fully saturated rings. The highest BCUT2D eigenvalue weighted by Crippen LogP contribution is 2.52. The number of fused-ring (bicyclic) bond motifs is 2. The molecule has 0 amide bonds. The lowest BCUT2D eigenvalue weighted by atomic mass is 9.74. The van der Waals surface area contributed by atoms with Gasteiger partial charge in [-0.2, -0.15) is 5.26 Å². The van der Waals surface area contributed by atoms with E-state index in [0.29, 0.717) is 11.4 Å². The van der Waals surface area contributed by atoms with Crippen molar-refractivity contribution in [3.8, 4) is 84.9 Å². The van der Waals surface area contributed by atoms with Crippen molar-refractivity contribution < 1.29 is 4.74 Å². The largest absolute Gasteiger partial charge is 0.456 e. The zero-order valence-electron chi connectivity index (χ0n) is 30.0. The summed E-state index contributed by atoms with van der Waals surface area (Å²) >= 11 is 0. The predicted molar refractivity (Wildman–Crippen MR) is 218 cm³/mol. The number of nitrogens with zero attached hydrogens (tertiary/aromatic N) is 3. The minimum absolute atomic E-state index is 0.292. The maximum absolute atomic E-state index is 10.3. The number of hydrogen-bond acceptors (Lipinski definition) is 4. The van der Waals surface area contributed by atoms with Crippen LogP contribution in [0.1, 0.15) is 30.5 Å². The van der Waals surface area contributed by atoms with Gasteiger partial charge in [0.05, 0.1) is 23.0 Å². The standard InChI is InChI=1S/C50H35N3O/c1-50(2)42-15-9-10-16-46(42)54-48-43(50)30-29-41(32-51)47(48)39-25-23-38(24-26-39)45-31-44(37-21-17-35(18-22-37)33-11-5-3-6-12-33)52-49(53-45)40-27-19-36(20-28-40)34-13-7-4-8-14-34/h3-31H,1-2H3. The summed E-state index contributed by atoms with van der Waals surface area (Å²) in [6.45, 7) is 4.42. The first-order valence-electron chi connectivity index (χ1n) is 18.1. The van der Waals surface area contributed by atoms with E-state index < -0.39 is 0 Å². The van der Waals surface area contributed by atoms with Crippen molar-refractivity contribution in [2.45, 2.75) is 19.3 Å². The smallest absolute Gasteiger partial charge is 0.160 e. The summed E-state index contributed by atoms with van der Waals surface area (Å²) in [5.74, 6) is 2.20. The summed E-state index contributed by atoms with van der Waals surface area (Å²) in [5, 5.41) is 10.3. The molecular formula is C50H35N3O.